The average molecular weight is 410 g/mol. The highest BCUT2D eigenvalue weighted by atomic mass is 16.5. The van der Waals surface area contributed by atoms with Gasteiger partial charge in [0, 0.05) is 13.0 Å². The molecule has 1 amide bonds. The second-order valence-corrected chi connectivity index (χ2v) is 7.83. The van der Waals surface area contributed by atoms with E-state index in [1.54, 1.807) is 6.07 Å². The van der Waals surface area contributed by atoms with Crippen LogP contribution in [0.2, 0.25) is 0 Å². The third-order valence-corrected chi connectivity index (χ3v) is 5.64. The van der Waals surface area contributed by atoms with E-state index in [1.165, 1.54) is 15.0 Å². The lowest BCUT2D eigenvalue weighted by molar-refractivity contribution is -0.909. The highest BCUT2D eigenvalue weighted by Gasteiger charge is 2.23. The van der Waals surface area contributed by atoms with Gasteiger partial charge in [0.25, 0.3) is 0 Å². The third-order valence-electron chi connectivity index (χ3n) is 5.64. The summed E-state index contributed by atoms with van der Waals surface area (Å²) in [6.45, 7) is 6.53. The molecule has 4 rings (SSSR count). The van der Waals surface area contributed by atoms with E-state index in [1.807, 2.05) is 18.2 Å². The number of carbonyl (C=O) groups excluding carboxylic acids is 1. The van der Waals surface area contributed by atoms with Gasteiger partial charge in [-0.2, -0.15) is 0 Å². The first-order valence-electron chi connectivity index (χ1n) is 10.5. The van der Waals surface area contributed by atoms with Crippen molar-refractivity contribution in [3.63, 3.8) is 0 Å². The number of fused-ring (bicyclic) bond motifs is 1. The number of hydrogen-bond acceptors (Lipinski definition) is 4. The number of morpholine rings is 1. The lowest BCUT2D eigenvalue weighted by Gasteiger charge is -2.28. The molecular formula is C23H28N3O4+. The van der Waals surface area contributed by atoms with Gasteiger partial charge in [0.15, 0.2) is 5.58 Å². The van der Waals surface area contributed by atoms with E-state index in [4.69, 9.17) is 9.15 Å². The smallest absolute Gasteiger partial charge is 0.408 e. The minimum Gasteiger partial charge on any atom is -0.408 e. The standard InChI is InChI=1S/C23H27N3O4/c1-17-6-8-18(9-7-17)19(16-25-12-14-29-15-13-25)24-22(27)10-11-26-20-4-2-3-5-21(20)30-23(26)28/h2-9,19H,10-16H2,1H3,(H,24,27)/p+1/t19-/m0/s1. The minimum atomic E-state index is -0.433. The third kappa shape index (κ3) is 4.80. The van der Waals surface area contributed by atoms with Crippen molar-refractivity contribution in [2.24, 2.45) is 0 Å². The van der Waals surface area contributed by atoms with E-state index in [0.29, 0.717) is 11.1 Å². The molecule has 7 nitrogen and oxygen atoms in total. The highest BCUT2D eigenvalue weighted by Crippen LogP contribution is 2.14. The number of benzene rings is 2. The highest BCUT2D eigenvalue weighted by molar-refractivity contribution is 5.77. The molecular weight excluding hydrogens is 382 g/mol. The molecule has 0 unspecified atom stereocenters. The largest absolute Gasteiger partial charge is 0.419 e. The molecule has 0 saturated carbocycles. The van der Waals surface area contributed by atoms with Crippen molar-refractivity contribution in [3.05, 3.63) is 70.2 Å². The molecule has 1 fully saturated rings. The molecule has 2 N–H and O–H groups in total. The number of carbonyl (C=O) groups is 1. The Balaban J connectivity index is 1.44. The maximum Gasteiger partial charge on any atom is 0.419 e. The first-order chi connectivity index (χ1) is 14.6. The zero-order valence-corrected chi connectivity index (χ0v) is 17.2. The molecule has 1 aliphatic heterocycles. The van der Waals surface area contributed by atoms with Gasteiger partial charge >= 0.3 is 5.76 Å². The molecule has 158 valence electrons. The number of amides is 1. The Morgan fingerprint density at radius 1 is 1.13 bits per heavy atom. The quantitative estimate of drug-likeness (QED) is 0.611. The molecule has 30 heavy (non-hydrogen) atoms. The molecule has 1 aromatic heterocycles. The number of para-hydroxylation sites is 2. The molecule has 0 aliphatic carbocycles. The average Bonchev–Trinajstić information content (AvgIpc) is 3.08. The Morgan fingerprint density at radius 3 is 2.63 bits per heavy atom. The Labute approximate surface area is 175 Å². The lowest BCUT2D eigenvalue weighted by Crippen LogP contribution is -3.14. The van der Waals surface area contributed by atoms with Crippen molar-refractivity contribution in [2.75, 3.05) is 32.8 Å². The van der Waals surface area contributed by atoms with Crippen molar-refractivity contribution in [1.29, 1.82) is 0 Å². The van der Waals surface area contributed by atoms with Crippen molar-refractivity contribution in [1.82, 2.24) is 9.88 Å². The van der Waals surface area contributed by atoms with Crippen LogP contribution in [0.25, 0.3) is 11.1 Å². The van der Waals surface area contributed by atoms with Gasteiger partial charge < -0.3 is 19.4 Å². The van der Waals surface area contributed by atoms with E-state index < -0.39 is 5.76 Å². The van der Waals surface area contributed by atoms with Crippen LogP contribution in [0.5, 0.6) is 0 Å². The van der Waals surface area contributed by atoms with E-state index in [2.05, 4.69) is 36.5 Å². The van der Waals surface area contributed by atoms with E-state index in [9.17, 15) is 9.59 Å². The van der Waals surface area contributed by atoms with Gasteiger partial charge in [0.2, 0.25) is 5.91 Å². The van der Waals surface area contributed by atoms with Gasteiger partial charge in [-0.3, -0.25) is 9.36 Å². The fourth-order valence-corrected chi connectivity index (χ4v) is 3.91. The molecule has 0 spiro atoms. The van der Waals surface area contributed by atoms with E-state index in [0.717, 1.165) is 38.4 Å². The number of ether oxygens (including phenoxy) is 1. The number of hydrogen-bond donors (Lipinski definition) is 2. The van der Waals surface area contributed by atoms with Crippen LogP contribution >= 0.6 is 0 Å². The van der Waals surface area contributed by atoms with Gasteiger partial charge in [0.1, 0.15) is 25.7 Å². The number of rotatable bonds is 7. The first-order valence-corrected chi connectivity index (χ1v) is 10.5. The maximum absolute atomic E-state index is 12.8. The van der Waals surface area contributed by atoms with Crippen molar-refractivity contribution in [2.45, 2.75) is 25.9 Å². The van der Waals surface area contributed by atoms with Crippen molar-refractivity contribution in [3.8, 4) is 0 Å². The van der Waals surface area contributed by atoms with Crippen molar-refractivity contribution >= 4 is 17.0 Å². The predicted molar refractivity (Wildman–Crippen MR) is 114 cm³/mol. The molecule has 7 heteroatoms. The van der Waals surface area contributed by atoms with Gasteiger partial charge in [-0.1, -0.05) is 42.0 Å². The molecule has 1 saturated heterocycles. The fourth-order valence-electron chi connectivity index (χ4n) is 3.91. The van der Waals surface area contributed by atoms with Crippen molar-refractivity contribution < 1.29 is 18.8 Å². The van der Waals surface area contributed by atoms with Crippen LogP contribution in [0.3, 0.4) is 0 Å². The molecule has 3 aromatic rings. The molecule has 1 atom stereocenters. The Bertz CT molecular complexity index is 1050. The Kier molecular flexibility index (Phi) is 6.30. The van der Waals surface area contributed by atoms with Gasteiger partial charge in [-0.05, 0) is 24.6 Å². The second kappa shape index (κ2) is 9.28. The topological polar surface area (TPSA) is 77.9 Å². The summed E-state index contributed by atoms with van der Waals surface area (Å²) in [5, 5.41) is 3.18. The zero-order chi connectivity index (χ0) is 20.9. The fraction of sp³-hybridized carbons (Fsp3) is 0.391. The monoisotopic (exact) mass is 410 g/mol. The summed E-state index contributed by atoms with van der Waals surface area (Å²) < 4.78 is 12.2. The Morgan fingerprint density at radius 2 is 1.87 bits per heavy atom. The van der Waals surface area contributed by atoms with Gasteiger partial charge in [-0.15, -0.1) is 0 Å². The summed E-state index contributed by atoms with van der Waals surface area (Å²) in [6, 6.07) is 15.5. The molecule has 0 radical (unpaired) electrons. The van der Waals surface area contributed by atoms with Gasteiger partial charge in [0.05, 0.1) is 18.7 Å². The number of nitrogens with one attached hydrogen (secondary N) is 2. The summed E-state index contributed by atoms with van der Waals surface area (Å²) in [5.41, 5.74) is 3.53. The lowest BCUT2D eigenvalue weighted by atomic mass is 10.0. The predicted octanol–water partition coefficient (Wildman–Crippen LogP) is 1.07. The minimum absolute atomic E-state index is 0.0783. The molecule has 1 aliphatic rings. The number of oxazole rings is 1. The summed E-state index contributed by atoms with van der Waals surface area (Å²) in [4.78, 5) is 26.3. The van der Waals surface area contributed by atoms with E-state index in [-0.39, 0.29) is 24.9 Å². The molecule has 2 heterocycles. The SMILES string of the molecule is Cc1ccc([C@H](C[NH+]2CCOCC2)NC(=O)CCn2c(=O)oc3ccccc32)cc1. The van der Waals surface area contributed by atoms with Gasteiger partial charge in [-0.25, -0.2) is 4.79 Å². The molecule has 0 bridgehead atoms. The summed E-state index contributed by atoms with van der Waals surface area (Å²) in [5.74, 6) is -0.512. The summed E-state index contributed by atoms with van der Waals surface area (Å²) in [7, 11) is 0. The number of aromatic nitrogens is 1. The van der Waals surface area contributed by atoms with E-state index >= 15 is 0 Å². The van der Waals surface area contributed by atoms with Crippen LogP contribution in [-0.4, -0.2) is 43.3 Å². The first kappa shape index (κ1) is 20.4. The number of nitrogens with zero attached hydrogens (tertiary/aromatic N) is 1. The summed E-state index contributed by atoms with van der Waals surface area (Å²) in [6.07, 6.45) is 0.213. The van der Waals surface area contributed by atoms with Crippen LogP contribution in [0.15, 0.2) is 57.7 Å². The van der Waals surface area contributed by atoms with Crippen LogP contribution in [0, 0.1) is 6.92 Å². The molecule has 2 aromatic carbocycles. The summed E-state index contributed by atoms with van der Waals surface area (Å²) >= 11 is 0. The van der Waals surface area contributed by atoms with Crippen LogP contribution in [0.1, 0.15) is 23.6 Å². The zero-order valence-electron chi connectivity index (χ0n) is 17.2. The maximum atomic E-state index is 12.8. The Hall–Kier alpha value is -2.90. The number of quaternary nitrogens is 1. The second-order valence-electron chi connectivity index (χ2n) is 7.83. The van der Waals surface area contributed by atoms with Crippen LogP contribution in [0.4, 0.5) is 0 Å². The van der Waals surface area contributed by atoms with Crippen LogP contribution in [-0.2, 0) is 16.1 Å². The van der Waals surface area contributed by atoms with Crippen LogP contribution < -0.4 is 16.0 Å². The number of aryl methyl sites for hydroxylation is 2. The normalized spacial score (nSPS) is 15.9.